The van der Waals surface area contributed by atoms with Gasteiger partial charge in [0, 0.05) is 19.4 Å². The Labute approximate surface area is 111 Å². The fourth-order valence-corrected chi connectivity index (χ4v) is 2.03. The lowest BCUT2D eigenvalue weighted by molar-refractivity contribution is -0.120. The zero-order chi connectivity index (χ0) is 14.0. The van der Waals surface area contributed by atoms with Gasteiger partial charge in [0.25, 0.3) is 0 Å². The first kappa shape index (κ1) is 16.9. The molecule has 0 aromatic heterocycles. The second-order valence-electron chi connectivity index (χ2n) is 4.86. The standard InChI is InChI=1S/C15H27NO2/c1-5-8-14(16-13(4)17)11-7-10-12(3)15(18)9-6-2/h14H,3,5-11H2,1-2,4H3,(H,16,17). The predicted molar refractivity (Wildman–Crippen MR) is 75.4 cm³/mol. The molecule has 0 aromatic rings. The molecule has 1 N–H and O–H groups in total. The summed E-state index contributed by atoms with van der Waals surface area (Å²) in [5.41, 5.74) is 0.731. The summed E-state index contributed by atoms with van der Waals surface area (Å²) in [6.07, 6.45) is 6.12. The van der Waals surface area contributed by atoms with Gasteiger partial charge < -0.3 is 5.32 Å². The van der Waals surface area contributed by atoms with E-state index >= 15 is 0 Å². The van der Waals surface area contributed by atoms with Crippen LogP contribution in [0.15, 0.2) is 12.2 Å². The summed E-state index contributed by atoms with van der Waals surface area (Å²) < 4.78 is 0. The van der Waals surface area contributed by atoms with Gasteiger partial charge in [-0.25, -0.2) is 0 Å². The number of carbonyl (C=O) groups excluding carboxylic acids is 2. The van der Waals surface area contributed by atoms with Crippen molar-refractivity contribution >= 4 is 11.7 Å². The van der Waals surface area contributed by atoms with Crippen LogP contribution >= 0.6 is 0 Å². The Morgan fingerprint density at radius 1 is 1.11 bits per heavy atom. The van der Waals surface area contributed by atoms with E-state index in [1.54, 1.807) is 6.92 Å². The molecule has 0 rings (SSSR count). The molecule has 0 saturated carbocycles. The number of amides is 1. The third-order valence-corrected chi connectivity index (χ3v) is 2.95. The van der Waals surface area contributed by atoms with Crippen molar-refractivity contribution < 1.29 is 9.59 Å². The van der Waals surface area contributed by atoms with Gasteiger partial charge in [-0.15, -0.1) is 0 Å². The van der Waals surface area contributed by atoms with E-state index in [1.165, 1.54) is 0 Å². The Kier molecular flexibility index (Phi) is 9.25. The van der Waals surface area contributed by atoms with E-state index in [1.807, 2.05) is 6.92 Å². The van der Waals surface area contributed by atoms with Crippen LogP contribution in [0.1, 0.15) is 65.7 Å². The first-order valence-electron chi connectivity index (χ1n) is 6.99. The number of rotatable bonds is 10. The molecule has 1 amide bonds. The lowest BCUT2D eigenvalue weighted by atomic mass is 9.99. The molecule has 3 nitrogen and oxygen atoms in total. The van der Waals surface area contributed by atoms with Crippen molar-refractivity contribution in [2.75, 3.05) is 0 Å². The molecule has 0 aliphatic heterocycles. The Bertz CT molecular complexity index is 284. The summed E-state index contributed by atoms with van der Waals surface area (Å²) in [6, 6.07) is 0.238. The second kappa shape index (κ2) is 9.86. The second-order valence-corrected chi connectivity index (χ2v) is 4.86. The van der Waals surface area contributed by atoms with Crippen molar-refractivity contribution in [1.29, 1.82) is 0 Å². The molecule has 0 spiro atoms. The fourth-order valence-electron chi connectivity index (χ4n) is 2.03. The smallest absolute Gasteiger partial charge is 0.217 e. The highest BCUT2D eigenvalue weighted by atomic mass is 16.1. The quantitative estimate of drug-likeness (QED) is 0.607. The van der Waals surface area contributed by atoms with Crippen LogP contribution in [-0.4, -0.2) is 17.7 Å². The van der Waals surface area contributed by atoms with Crippen LogP contribution < -0.4 is 5.32 Å². The van der Waals surface area contributed by atoms with Crippen LogP contribution in [0.2, 0.25) is 0 Å². The van der Waals surface area contributed by atoms with Gasteiger partial charge in [-0.2, -0.15) is 0 Å². The van der Waals surface area contributed by atoms with Crippen LogP contribution in [0.4, 0.5) is 0 Å². The number of hydrogen-bond donors (Lipinski definition) is 1. The molecule has 0 bridgehead atoms. The molecule has 0 saturated heterocycles. The van der Waals surface area contributed by atoms with Crippen molar-refractivity contribution in [2.24, 2.45) is 0 Å². The molecule has 0 aromatic carbocycles. The SMILES string of the molecule is C=C(CCCC(CCC)NC(C)=O)C(=O)CCC. The summed E-state index contributed by atoms with van der Waals surface area (Å²) in [4.78, 5) is 22.6. The van der Waals surface area contributed by atoms with Crippen LogP contribution in [0.5, 0.6) is 0 Å². The number of nitrogens with one attached hydrogen (secondary N) is 1. The molecule has 3 heteroatoms. The number of Topliss-reactive ketones (excluding diaryl/α,β-unsaturated/α-hetero) is 1. The summed E-state index contributed by atoms with van der Waals surface area (Å²) in [7, 11) is 0. The van der Waals surface area contributed by atoms with Crippen molar-refractivity contribution in [2.45, 2.75) is 71.8 Å². The molecule has 1 unspecified atom stereocenters. The highest BCUT2D eigenvalue weighted by molar-refractivity contribution is 5.94. The summed E-state index contributed by atoms with van der Waals surface area (Å²) in [6.45, 7) is 9.50. The van der Waals surface area contributed by atoms with E-state index in [0.29, 0.717) is 6.42 Å². The van der Waals surface area contributed by atoms with Gasteiger partial charge in [-0.1, -0.05) is 26.8 Å². The molecular weight excluding hydrogens is 226 g/mol. The molecule has 18 heavy (non-hydrogen) atoms. The molecular formula is C15H27NO2. The van der Waals surface area contributed by atoms with Gasteiger partial charge in [0.2, 0.25) is 5.91 Å². The maximum absolute atomic E-state index is 11.6. The molecule has 1 atom stereocenters. The number of ketones is 1. The number of allylic oxidation sites excluding steroid dienone is 1. The van der Waals surface area contributed by atoms with Gasteiger partial charge in [-0.3, -0.25) is 9.59 Å². The maximum Gasteiger partial charge on any atom is 0.217 e. The van der Waals surface area contributed by atoms with Crippen molar-refractivity contribution in [3.63, 3.8) is 0 Å². The van der Waals surface area contributed by atoms with Gasteiger partial charge in [0.1, 0.15) is 0 Å². The Morgan fingerprint density at radius 2 is 1.78 bits per heavy atom. The number of hydrogen-bond acceptors (Lipinski definition) is 2. The molecule has 104 valence electrons. The van der Waals surface area contributed by atoms with E-state index < -0.39 is 0 Å². The molecule has 0 radical (unpaired) electrons. The average Bonchev–Trinajstić information content (AvgIpc) is 2.28. The van der Waals surface area contributed by atoms with Crippen LogP contribution in [0.25, 0.3) is 0 Å². The highest BCUT2D eigenvalue weighted by Gasteiger charge is 2.10. The Hall–Kier alpha value is -1.12. The first-order valence-corrected chi connectivity index (χ1v) is 6.99. The summed E-state index contributed by atoms with van der Waals surface area (Å²) in [5.74, 6) is 0.207. The minimum absolute atomic E-state index is 0.0225. The molecule has 0 fully saturated rings. The van der Waals surface area contributed by atoms with Crippen LogP contribution in [-0.2, 0) is 9.59 Å². The van der Waals surface area contributed by atoms with E-state index in [2.05, 4.69) is 18.8 Å². The minimum atomic E-state index is 0.0225. The summed E-state index contributed by atoms with van der Waals surface area (Å²) >= 11 is 0. The predicted octanol–water partition coefficient (Wildman–Crippen LogP) is 3.39. The van der Waals surface area contributed by atoms with Gasteiger partial charge >= 0.3 is 0 Å². The van der Waals surface area contributed by atoms with E-state index in [0.717, 1.165) is 44.1 Å². The molecule has 0 heterocycles. The fraction of sp³-hybridized carbons (Fsp3) is 0.733. The average molecular weight is 253 g/mol. The summed E-state index contributed by atoms with van der Waals surface area (Å²) in [5, 5.41) is 2.96. The van der Waals surface area contributed by atoms with Gasteiger partial charge in [0.05, 0.1) is 0 Å². The first-order chi connectivity index (χ1) is 8.51. The Morgan fingerprint density at radius 3 is 2.28 bits per heavy atom. The van der Waals surface area contributed by atoms with Crippen molar-refractivity contribution in [3.8, 4) is 0 Å². The monoisotopic (exact) mass is 253 g/mol. The highest BCUT2D eigenvalue weighted by Crippen LogP contribution is 2.13. The third kappa shape index (κ3) is 8.04. The largest absolute Gasteiger partial charge is 0.354 e. The van der Waals surface area contributed by atoms with Crippen LogP contribution in [0, 0.1) is 0 Å². The minimum Gasteiger partial charge on any atom is -0.354 e. The normalized spacial score (nSPS) is 11.9. The van der Waals surface area contributed by atoms with Crippen LogP contribution in [0.3, 0.4) is 0 Å². The van der Waals surface area contributed by atoms with E-state index in [9.17, 15) is 9.59 Å². The lowest BCUT2D eigenvalue weighted by Gasteiger charge is -2.17. The Balaban J connectivity index is 3.94. The third-order valence-electron chi connectivity index (χ3n) is 2.95. The maximum atomic E-state index is 11.6. The van der Waals surface area contributed by atoms with Crippen molar-refractivity contribution in [1.82, 2.24) is 5.32 Å². The van der Waals surface area contributed by atoms with Gasteiger partial charge in [-0.05, 0) is 37.7 Å². The van der Waals surface area contributed by atoms with E-state index in [4.69, 9.17) is 0 Å². The molecule has 0 aliphatic rings. The van der Waals surface area contributed by atoms with E-state index in [-0.39, 0.29) is 17.7 Å². The van der Waals surface area contributed by atoms with Crippen molar-refractivity contribution in [3.05, 3.63) is 12.2 Å². The molecule has 0 aliphatic carbocycles. The zero-order valence-electron chi connectivity index (χ0n) is 12.1. The number of carbonyl (C=O) groups is 2. The topological polar surface area (TPSA) is 46.2 Å². The van der Waals surface area contributed by atoms with Gasteiger partial charge in [0.15, 0.2) is 5.78 Å². The lowest BCUT2D eigenvalue weighted by Crippen LogP contribution is -2.32. The zero-order valence-corrected chi connectivity index (χ0v) is 12.1.